The van der Waals surface area contributed by atoms with E-state index in [0.29, 0.717) is 17.8 Å². The van der Waals surface area contributed by atoms with Crippen molar-refractivity contribution in [2.45, 2.75) is 32.7 Å². The molecule has 6 heteroatoms. The summed E-state index contributed by atoms with van der Waals surface area (Å²) in [7, 11) is 0. The van der Waals surface area contributed by atoms with Crippen molar-refractivity contribution >= 4 is 17.5 Å². The number of hydrogen-bond donors (Lipinski definition) is 2. The lowest BCUT2D eigenvalue weighted by Crippen LogP contribution is -2.38. The fraction of sp³-hybridized carbons (Fsp3) is 0.391. The van der Waals surface area contributed by atoms with Gasteiger partial charge in [0.25, 0.3) is 5.91 Å². The number of benzene rings is 2. The summed E-state index contributed by atoms with van der Waals surface area (Å²) in [6, 6.07) is 13.7. The third-order valence-electron chi connectivity index (χ3n) is 5.24. The summed E-state index contributed by atoms with van der Waals surface area (Å²) in [6.07, 6.45) is 2.38. The fourth-order valence-corrected chi connectivity index (χ4v) is 3.56. The lowest BCUT2D eigenvalue weighted by Gasteiger charge is -2.31. The van der Waals surface area contributed by atoms with Crippen molar-refractivity contribution in [3.8, 4) is 0 Å². The molecule has 0 saturated carbocycles. The summed E-state index contributed by atoms with van der Waals surface area (Å²) in [6.45, 7) is 4.99. The summed E-state index contributed by atoms with van der Waals surface area (Å²) in [5, 5.41) is 5.80. The van der Waals surface area contributed by atoms with Gasteiger partial charge in [0.15, 0.2) is 0 Å². The van der Waals surface area contributed by atoms with Gasteiger partial charge in [-0.2, -0.15) is 0 Å². The van der Waals surface area contributed by atoms with Gasteiger partial charge in [-0.1, -0.05) is 31.2 Å². The van der Waals surface area contributed by atoms with E-state index in [1.807, 2.05) is 13.0 Å². The first-order valence-electron chi connectivity index (χ1n) is 10.2. The number of nitrogens with zero attached hydrogens (tertiary/aromatic N) is 1. The average molecular weight is 397 g/mol. The summed E-state index contributed by atoms with van der Waals surface area (Å²) in [5.74, 6) is -0.516. The summed E-state index contributed by atoms with van der Waals surface area (Å²) < 4.78 is 13.0. The Labute approximate surface area is 171 Å². The first kappa shape index (κ1) is 21.0. The van der Waals surface area contributed by atoms with Gasteiger partial charge in [-0.05, 0) is 62.2 Å². The molecule has 2 amide bonds. The number of amides is 2. The Morgan fingerprint density at radius 1 is 1.07 bits per heavy atom. The van der Waals surface area contributed by atoms with Gasteiger partial charge in [0.05, 0.1) is 11.3 Å². The molecule has 0 atom stereocenters. The lowest BCUT2D eigenvalue weighted by molar-refractivity contribution is -0.121. The monoisotopic (exact) mass is 397 g/mol. The molecule has 154 valence electrons. The number of para-hydroxylation sites is 1. The number of anilines is 1. The Morgan fingerprint density at radius 3 is 2.45 bits per heavy atom. The van der Waals surface area contributed by atoms with Gasteiger partial charge in [-0.15, -0.1) is 0 Å². The highest BCUT2D eigenvalue weighted by molar-refractivity contribution is 6.04. The number of hydrogen-bond acceptors (Lipinski definition) is 3. The van der Waals surface area contributed by atoms with E-state index < -0.39 is 0 Å². The van der Waals surface area contributed by atoms with Gasteiger partial charge in [-0.25, -0.2) is 4.39 Å². The Morgan fingerprint density at radius 2 is 1.76 bits per heavy atom. The summed E-state index contributed by atoms with van der Waals surface area (Å²) >= 11 is 0. The van der Waals surface area contributed by atoms with Crippen LogP contribution in [0.5, 0.6) is 0 Å². The van der Waals surface area contributed by atoms with Crippen LogP contribution in [0.15, 0.2) is 48.5 Å². The second-order valence-electron chi connectivity index (χ2n) is 7.47. The van der Waals surface area contributed by atoms with Crippen LogP contribution in [0.4, 0.5) is 10.1 Å². The number of halogens is 1. The van der Waals surface area contributed by atoms with E-state index in [-0.39, 0.29) is 23.5 Å². The molecule has 0 bridgehead atoms. The van der Waals surface area contributed by atoms with E-state index in [4.69, 9.17) is 0 Å². The number of rotatable bonds is 7. The van der Waals surface area contributed by atoms with Crippen molar-refractivity contribution in [3.05, 3.63) is 65.5 Å². The highest BCUT2D eigenvalue weighted by Crippen LogP contribution is 2.22. The van der Waals surface area contributed by atoms with Crippen molar-refractivity contribution in [2.75, 3.05) is 25.0 Å². The molecule has 3 rings (SSSR count). The minimum atomic E-state index is -0.229. The van der Waals surface area contributed by atoms with E-state index in [9.17, 15) is 14.0 Å². The van der Waals surface area contributed by atoms with Crippen molar-refractivity contribution in [1.82, 2.24) is 10.2 Å². The topological polar surface area (TPSA) is 61.4 Å². The summed E-state index contributed by atoms with van der Waals surface area (Å²) in [5.41, 5.74) is 2.12. The smallest absolute Gasteiger partial charge is 0.253 e. The van der Waals surface area contributed by atoms with Crippen LogP contribution < -0.4 is 10.6 Å². The second-order valence-corrected chi connectivity index (χ2v) is 7.47. The van der Waals surface area contributed by atoms with Crippen LogP contribution in [0.3, 0.4) is 0 Å². The zero-order valence-electron chi connectivity index (χ0n) is 16.8. The predicted molar refractivity (Wildman–Crippen MR) is 112 cm³/mol. The van der Waals surface area contributed by atoms with Crippen LogP contribution >= 0.6 is 0 Å². The molecule has 0 unspecified atom stereocenters. The molecule has 1 fully saturated rings. The number of likely N-dealkylation sites (tertiary alicyclic amines) is 1. The standard InChI is InChI=1S/C23H28FN3O2/c1-2-13-25-23(29)20-5-3-4-6-21(20)26-22(28)18-11-14-27(15-12-18)16-17-7-9-19(24)10-8-17/h3-10,18H,2,11-16H2,1H3,(H,25,29)(H,26,28). The largest absolute Gasteiger partial charge is 0.352 e. The van der Waals surface area contributed by atoms with Gasteiger partial charge in [0.2, 0.25) is 5.91 Å². The normalized spacial score (nSPS) is 15.1. The zero-order valence-corrected chi connectivity index (χ0v) is 16.8. The Hall–Kier alpha value is -2.73. The molecule has 1 aliphatic rings. The van der Waals surface area contributed by atoms with E-state index in [0.717, 1.165) is 44.5 Å². The van der Waals surface area contributed by atoms with Crippen LogP contribution in [0.2, 0.25) is 0 Å². The molecule has 2 aromatic rings. The maximum atomic E-state index is 13.0. The Balaban J connectivity index is 1.53. The molecular weight excluding hydrogens is 369 g/mol. The van der Waals surface area contributed by atoms with Gasteiger partial charge in [-0.3, -0.25) is 14.5 Å². The maximum absolute atomic E-state index is 13.0. The molecule has 0 radical (unpaired) electrons. The van der Waals surface area contributed by atoms with Gasteiger partial charge in [0.1, 0.15) is 5.82 Å². The Kier molecular flexibility index (Phi) is 7.36. The molecule has 0 aliphatic carbocycles. The van der Waals surface area contributed by atoms with E-state index >= 15 is 0 Å². The average Bonchev–Trinajstić information content (AvgIpc) is 2.74. The maximum Gasteiger partial charge on any atom is 0.253 e. The number of nitrogens with one attached hydrogen (secondary N) is 2. The predicted octanol–water partition coefficient (Wildman–Crippen LogP) is 3.82. The molecule has 1 aliphatic heterocycles. The molecular formula is C23H28FN3O2. The lowest BCUT2D eigenvalue weighted by atomic mass is 9.95. The van der Waals surface area contributed by atoms with Crippen molar-refractivity contribution in [1.29, 1.82) is 0 Å². The third-order valence-corrected chi connectivity index (χ3v) is 5.24. The molecule has 0 spiro atoms. The SMILES string of the molecule is CCCNC(=O)c1ccccc1NC(=O)C1CCN(Cc2ccc(F)cc2)CC1. The molecule has 2 N–H and O–H groups in total. The highest BCUT2D eigenvalue weighted by atomic mass is 19.1. The summed E-state index contributed by atoms with van der Waals surface area (Å²) in [4.78, 5) is 27.4. The number of carbonyl (C=O) groups is 2. The first-order chi connectivity index (χ1) is 14.1. The molecule has 2 aromatic carbocycles. The van der Waals surface area contributed by atoms with Crippen LogP contribution in [-0.4, -0.2) is 36.3 Å². The third kappa shape index (κ3) is 5.87. The second kappa shape index (κ2) is 10.2. The van der Waals surface area contributed by atoms with Crippen LogP contribution in [0.1, 0.15) is 42.1 Å². The van der Waals surface area contributed by atoms with Crippen molar-refractivity contribution in [2.24, 2.45) is 5.92 Å². The quantitative estimate of drug-likeness (QED) is 0.747. The van der Waals surface area contributed by atoms with E-state index in [2.05, 4.69) is 15.5 Å². The van der Waals surface area contributed by atoms with Crippen molar-refractivity contribution in [3.63, 3.8) is 0 Å². The van der Waals surface area contributed by atoms with Gasteiger partial charge in [0, 0.05) is 19.0 Å². The van der Waals surface area contributed by atoms with E-state index in [1.165, 1.54) is 12.1 Å². The molecule has 5 nitrogen and oxygen atoms in total. The van der Waals surface area contributed by atoms with Gasteiger partial charge < -0.3 is 10.6 Å². The van der Waals surface area contributed by atoms with Crippen LogP contribution in [0, 0.1) is 11.7 Å². The number of carbonyl (C=O) groups excluding carboxylic acids is 2. The van der Waals surface area contributed by atoms with Gasteiger partial charge >= 0.3 is 0 Å². The number of piperidine rings is 1. The minimum Gasteiger partial charge on any atom is -0.352 e. The fourth-order valence-electron chi connectivity index (χ4n) is 3.56. The zero-order chi connectivity index (χ0) is 20.6. The molecule has 29 heavy (non-hydrogen) atoms. The van der Waals surface area contributed by atoms with Crippen molar-refractivity contribution < 1.29 is 14.0 Å². The molecule has 1 heterocycles. The Bertz CT molecular complexity index is 830. The molecule has 0 aromatic heterocycles. The first-order valence-corrected chi connectivity index (χ1v) is 10.2. The van der Waals surface area contributed by atoms with Crippen LogP contribution in [0.25, 0.3) is 0 Å². The highest BCUT2D eigenvalue weighted by Gasteiger charge is 2.26. The molecule has 1 saturated heterocycles. The van der Waals surface area contributed by atoms with Crippen LogP contribution in [-0.2, 0) is 11.3 Å². The van der Waals surface area contributed by atoms with E-state index in [1.54, 1.807) is 30.3 Å². The minimum absolute atomic E-state index is 0.0397.